The first-order valence-corrected chi connectivity index (χ1v) is 10.6. The van der Waals surface area contributed by atoms with Crippen LogP contribution >= 0.6 is 0 Å². The minimum absolute atomic E-state index is 0.352. The zero-order valence-electron chi connectivity index (χ0n) is 16.6. The van der Waals surface area contributed by atoms with Crippen molar-refractivity contribution in [2.75, 3.05) is 46.6 Å². The van der Waals surface area contributed by atoms with Gasteiger partial charge in [-0.05, 0) is 25.7 Å². The van der Waals surface area contributed by atoms with E-state index in [0.29, 0.717) is 43.3 Å². The Morgan fingerprint density at radius 3 is 2.65 bits per heavy atom. The average Bonchev–Trinajstić information content (AvgIpc) is 3.31. The number of ether oxygens (including phenoxy) is 3. The fraction of sp³-hybridized carbons (Fsp3) is 0.950. The summed E-state index contributed by atoms with van der Waals surface area (Å²) in [5.74, 6) is 1.55. The number of rotatable bonds is 10. The molecule has 3 atom stereocenters. The first kappa shape index (κ1) is 19.9. The molecule has 3 aliphatic rings. The summed E-state index contributed by atoms with van der Waals surface area (Å²) in [6.45, 7) is 6.70. The molecule has 26 heavy (non-hydrogen) atoms. The molecule has 0 radical (unpaired) electrons. The van der Waals surface area contributed by atoms with Crippen LogP contribution in [0.5, 0.6) is 0 Å². The van der Waals surface area contributed by atoms with Gasteiger partial charge in [-0.25, -0.2) is 0 Å². The Kier molecular flexibility index (Phi) is 7.58. The fourth-order valence-corrected chi connectivity index (χ4v) is 5.06. The van der Waals surface area contributed by atoms with Gasteiger partial charge in [-0.1, -0.05) is 26.2 Å². The summed E-state index contributed by atoms with van der Waals surface area (Å²) >= 11 is 0. The normalized spacial score (nSPS) is 29.6. The molecule has 1 aliphatic heterocycles. The van der Waals surface area contributed by atoms with Gasteiger partial charge in [-0.3, -0.25) is 4.99 Å². The molecule has 6 heteroatoms. The SMILES string of the molecule is CCCCOCCOCCNC(=NC)NC1C2CCOC2C12CCCC2. The summed E-state index contributed by atoms with van der Waals surface area (Å²) in [7, 11) is 1.85. The Morgan fingerprint density at radius 1 is 1.15 bits per heavy atom. The maximum atomic E-state index is 6.06. The van der Waals surface area contributed by atoms with Crippen LogP contribution in [0.2, 0.25) is 0 Å². The van der Waals surface area contributed by atoms with E-state index in [2.05, 4.69) is 22.5 Å². The van der Waals surface area contributed by atoms with Crippen molar-refractivity contribution in [2.45, 2.75) is 64.0 Å². The van der Waals surface area contributed by atoms with E-state index in [1.165, 1.54) is 38.5 Å². The molecular formula is C20H37N3O3. The van der Waals surface area contributed by atoms with E-state index in [-0.39, 0.29) is 0 Å². The molecule has 2 saturated carbocycles. The second kappa shape index (κ2) is 9.90. The number of nitrogens with one attached hydrogen (secondary N) is 2. The molecule has 3 unspecified atom stereocenters. The van der Waals surface area contributed by atoms with Gasteiger partial charge in [-0.15, -0.1) is 0 Å². The van der Waals surface area contributed by atoms with Crippen LogP contribution in [0.4, 0.5) is 0 Å². The number of aliphatic imine (C=N–C) groups is 1. The van der Waals surface area contributed by atoms with E-state index in [9.17, 15) is 0 Å². The Hall–Kier alpha value is -0.850. The molecule has 1 saturated heterocycles. The molecule has 0 aromatic rings. The van der Waals surface area contributed by atoms with Gasteiger partial charge in [-0.2, -0.15) is 0 Å². The maximum absolute atomic E-state index is 6.06. The molecule has 1 heterocycles. The molecule has 3 fully saturated rings. The predicted octanol–water partition coefficient (Wildman–Crippen LogP) is 2.33. The molecule has 1 spiro atoms. The van der Waals surface area contributed by atoms with Crippen molar-refractivity contribution < 1.29 is 14.2 Å². The molecule has 0 aromatic carbocycles. The van der Waals surface area contributed by atoms with Crippen LogP contribution in [0.25, 0.3) is 0 Å². The lowest BCUT2D eigenvalue weighted by Gasteiger charge is -2.57. The second-order valence-electron chi connectivity index (χ2n) is 7.88. The van der Waals surface area contributed by atoms with Crippen molar-refractivity contribution in [3.8, 4) is 0 Å². The summed E-state index contributed by atoms with van der Waals surface area (Å²) in [5.41, 5.74) is 0.352. The lowest BCUT2D eigenvalue weighted by molar-refractivity contribution is -0.125. The third kappa shape index (κ3) is 4.34. The molecule has 3 rings (SSSR count). The predicted molar refractivity (Wildman–Crippen MR) is 104 cm³/mol. The Bertz CT molecular complexity index is 452. The van der Waals surface area contributed by atoms with Gasteiger partial charge in [0.25, 0.3) is 0 Å². The number of unbranched alkanes of at least 4 members (excludes halogenated alkanes) is 1. The highest BCUT2D eigenvalue weighted by atomic mass is 16.5. The van der Waals surface area contributed by atoms with Crippen LogP contribution in [0.1, 0.15) is 51.9 Å². The quantitative estimate of drug-likeness (QED) is 0.352. The molecule has 0 amide bonds. The zero-order valence-corrected chi connectivity index (χ0v) is 16.6. The Labute approximate surface area is 158 Å². The van der Waals surface area contributed by atoms with Gasteiger partial charge >= 0.3 is 0 Å². The van der Waals surface area contributed by atoms with E-state index in [4.69, 9.17) is 14.2 Å². The van der Waals surface area contributed by atoms with Gasteiger partial charge in [0, 0.05) is 44.2 Å². The lowest BCUT2D eigenvalue weighted by Crippen LogP contribution is -2.69. The molecule has 6 nitrogen and oxygen atoms in total. The number of guanidine groups is 1. The van der Waals surface area contributed by atoms with E-state index in [0.717, 1.165) is 32.1 Å². The zero-order chi connectivity index (χ0) is 18.2. The Morgan fingerprint density at radius 2 is 1.92 bits per heavy atom. The van der Waals surface area contributed by atoms with E-state index in [1.54, 1.807) is 0 Å². The van der Waals surface area contributed by atoms with Gasteiger partial charge < -0.3 is 24.8 Å². The van der Waals surface area contributed by atoms with Crippen molar-refractivity contribution in [3.05, 3.63) is 0 Å². The van der Waals surface area contributed by atoms with Crippen LogP contribution in [-0.2, 0) is 14.2 Å². The van der Waals surface area contributed by atoms with Gasteiger partial charge in [0.1, 0.15) is 0 Å². The number of nitrogens with zero attached hydrogens (tertiary/aromatic N) is 1. The van der Waals surface area contributed by atoms with Crippen molar-refractivity contribution in [1.82, 2.24) is 10.6 Å². The summed E-state index contributed by atoms with van der Waals surface area (Å²) in [6, 6.07) is 0.511. The first-order valence-electron chi connectivity index (χ1n) is 10.6. The highest BCUT2D eigenvalue weighted by Gasteiger charge is 2.65. The third-order valence-electron chi connectivity index (χ3n) is 6.36. The highest BCUT2D eigenvalue weighted by Crippen LogP contribution is 2.60. The summed E-state index contributed by atoms with van der Waals surface area (Å²) in [4.78, 5) is 4.42. The van der Waals surface area contributed by atoms with Crippen LogP contribution in [0.3, 0.4) is 0 Å². The number of fused-ring (bicyclic) bond motifs is 2. The topological polar surface area (TPSA) is 64.1 Å². The summed E-state index contributed by atoms with van der Waals surface area (Å²) in [5, 5.41) is 7.11. The van der Waals surface area contributed by atoms with Crippen LogP contribution in [0, 0.1) is 11.3 Å². The van der Waals surface area contributed by atoms with Crippen molar-refractivity contribution in [1.29, 1.82) is 0 Å². The van der Waals surface area contributed by atoms with Crippen molar-refractivity contribution >= 4 is 5.96 Å². The minimum Gasteiger partial charge on any atom is -0.379 e. The monoisotopic (exact) mass is 367 g/mol. The first-order chi connectivity index (χ1) is 12.8. The molecule has 0 bridgehead atoms. The fourth-order valence-electron chi connectivity index (χ4n) is 5.06. The molecule has 2 aliphatic carbocycles. The third-order valence-corrected chi connectivity index (χ3v) is 6.36. The lowest BCUT2D eigenvalue weighted by atomic mass is 9.54. The standard InChI is InChI=1S/C20H37N3O3/c1-3-4-11-24-14-15-25-13-10-22-19(21-2)23-17-16-7-12-26-18(16)20(17)8-5-6-9-20/h16-18H,3-15H2,1-2H3,(H2,21,22,23). The van der Waals surface area contributed by atoms with E-state index < -0.39 is 0 Å². The number of hydrogen-bond donors (Lipinski definition) is 2. The molecule has 150 valence electrons. The molecule has 2 N–H and O–H groups in total. The van der Waals surface area contributed by atoms with Crippen molar-refractivity contribution in [3.63, 3.8) is 0 Å². The van der Waals surface area contributed by atoms with Crippen molar-refractivity contribution in [2.24, 2.45) is 16.3 Å². The molecular weight excluding hydrogens is 330 g/mol. The molecule has 0 aromatic heterocycles. The van der Waals surface area contributed by atoms with Crippen LogP contribution < -0.4 is 10.6 Å². The van der Waals surface area contributed by atoms with Gasteiger partial charge in [0.15, 0.2) is 5.96 Å². The van der Waals surface area contributed by atoms with E-state index in [1.807, 2.05) is 7.05 Å². The Balaban J connectivity index is 1.33. The summed E-state index contributed by atoms with van der Waals surface area (Å²) < 4.78 is 17.2. The second-order valence-corrected chi connectivity index (χ2v) is 7.88. The summed E-state index contributed by atoms with van der Waals surface area (Å²) in [6.07, 6.45) is 9.23. The largest absolute Gasteiger partial charge is 0.379 e. The van der Waals surface area contributed by atoms with Gasteiger partial charge in [0.2, 0.25) is 0 Å². The minimum atomic E-state index is 0.352. The van der Waals surface area contributed by atoms with Gasteiger partial charge in [0.05, 0.1) is 25.9 Å². The average molecular weight is 368 g/mol. The van der Waals surface area contributed by atoms with E-state index >= 15 is 0 Å². The smallest absolute Gasteiger partial charge is 0.191 e. The highest BCUT2D eigenvalue weighted by molar-refractivity contribution is 5.80. The maximum Gasteiger partial charge on any atom is 0.191 e. The van der Waals surface area contributed by atoms with Crippen LogP contribution in [0.15, 0.2) is 4.99 Å². The number of hydrogen-bond acceptors (Lipinski definition) is 4. The van der Waals surface area contributed by atoms with Crippen LogP contribution in [-0.4, -0.2) is 64.7 Å².